The summed E-state index contributed by atoms with van der Waals surface area (Å²) in [5.41, 5.74) is 1.20. The Labute approximate surface area is 137 Å². The van der Waals surface area contributed by atoms with Gasteiger partial charge in [0.2, 0.25) is 5.91 Å². The Kier molecular flexibility index (Phi) is 7.17. The van der Waals surface area contributed by atoms with E-state index in [4.69, 9.17) is 4.74 Å². The average molecular weight is 315 g/mol. The molecule has 1 amide bonds. The molecule has 1 heterocycles. The molecule has 0 radical (unpaired) electrons. The highest BCUT2D eigenvalue weighted by molar-refractivity contribution is 5.72. The molecule has 0 saturated carbocycles. The third kappa shape index (κ3) is 7.00. The van der Waals surface area contributed by atoms with Gasteiger partial charge in [-0.25, -0.2) is 4.98 Å². The van der Waals surface area contributed by atoms with Crippen LogP contribution in [-0.4, -0.2) is 28.6 Å². The van der Waals surface area contributed by atoms with Crippen LogP contribution in [0.4, 0.5) is 0 Å². The highest BCUT2D eigenvalue weighted by Gasteiger charge is 1.98. The first-order valence-corrected chi connectivity index (χ1v) is 8.16. The number of aryl methyl sites for hydroxylation is 1. The Morgan fingerprint density at radius 1 is 1.22 bits per heavy atom. The van der Waals surface area contributed by atoms with Gasteiger partial charge in [-0.3, -0.25) is 4.79 Å². The summed E-state index contributed by atoms with van der Waals surface area (Å²) in [4.78, 5) is 14.8. The molecule has 2 rings (SSSR count). The highest BCUT2D eigenvalue weighted by atomic mass is 16.5. The van der Waals surface area contributed by atoms with Crippen molar-refractivity contribution >= 4 is 5.91 Å². The number of nitrogens with one attached hydrogen (secondary N) is 1. The minimum absolute atomic E-state index is 0.0120. The van der Waals surface area contributed by atoms with Crippen molar-refractivity contribution in [2.24, 2.45) is 0 Å². The maximum absolute atomic E-state index is 10.8. The van der Waals surface area contributed by atoms with Crippen molar-refractivity contribution in [1.29, 1.82) is 0 Å². The molecule has 0 fully saturated rings. The number of ether oxygens (including phenoxy) is 1. The van der Waals surface area contributed by atoms with E-state index in [9.17, 15) is 4.79 Å². The number of amides is 1. The van der Waals surface area contributed by atoms with Gasteiger partial charge in [-0.15, -0.1) is 0 Å². The van der Waals surface area contributed by atoms with E-state index in [1.54, 1.807) is 0 Å². The summed E-state index contributed by atoms with van der Waals surface area (Å²) in [5.74, 6) is 0.917. The zero-order valence-electron chi connectivity index (χ0n) is 13.7. The molecule has 2 aromatic rings. The number of hydrogen-bond donors (Lipinski definition) is 1. The first-order valence-electron chi connectivity index (χ1n) is 8.16. The molecule has 0 bridgehead atoms. The summed E-state index contributed by atoms with van der Waals surface area (Å²) in [6.07, 6.45) is 9.83. The second kappa shape index (κ2) is 9.66. The smallest absolute Gasteiger partial charge is 0.216 e. The topological polar surface area (TPSA) is 56.1 Å². The lowest BCUT2D eigenvalue weighted by Crippen LogP contribution is -2.22. The maximum atomic E-state index is 10.8. The van der Waals surface area contributed by atoms with Crippen LogP contribution in [0.25, 0.3) is 0 Å². The van der Waals surface area contributed by atoms with Crippen molar-refractivity contribution in [1.82, 2.24) is 14.9 Å². The fourth-order valence-electron chi connectivity index (χ4n) is 2.32. The molecule has 0 saturated heterocycles. The first kappa shape index (κ1) is 17.1. The molecule has 1 aromatic carbocycles. The summed E-state index contributed by atoms with van der Waals surface area (Å²) in [5, 5.41) is 2.80. The summed E-state index contributed by atoms with van der Waals surface area (Å²) < 4.78 is 7.85. The lowest BCUT2D eigenvalue weighted by molar-refractivity contribution is -0.118. The van der Waals surface area contributed by atoms with Gasteiger partial charge in [-0.1, -0.05) is 12.1 Å². The van der Waals surface area contributed by atoms with Crippen LogP contribution in [0, 0.1) is 0 Å². The van der Waals surface area contributed by atoms with Gasteiger partial charge in [0.25, 0.3) is 0 Å². The van der Waals surface area contributed by atoms with Gasteiger partial charge < -0.3 is 14.6 Å². The quantitative estimate of drug-likeness (QED) is 0.686. The summed E-state index contributed by atoms with van der Waals surface area (Å²) in [7, 11) is 0. The Bertz CT molecular complexity index is 564. The van der Waals surface area contributed by atoms with Gasteiger partial charge in [0.15, 0.2) is 0 Å². The Morgan fingerprint density at radius 2 is 2.04 bits per heavy atom. The van der Waals surface area contributed by atoms with Crippen molar-refractivity contribution in [3.63, 3.8) is 0 Å². The number of imidazole rings is 1. The van der Waals surface area contributed by atoms with Crippen LogP contribution < -0.4 is 10.1 Å². The largest absolute Gasteiger partial charge is 0.494 e. The Balaban J connectivity index is 1.55. The molecule has 0 spiro atoms. The minimum atomic E-state index is 0.0120. The van der Waals surface area contributed by atoms with Crippen LogP contribution in [-0.2, 0) is 17.8 Å². The maximum Gasteiger partial charge on any atom is 0.216 e. The van der Waals surface area contributed by atoms with E-state index < -0.39 is 0 Å². The van der Waals surface area contributed by atoms with E-state index in [0.717, 1.165) is 44.6 Å². The predicted octanol–water partition coefficient (Wildman–Crippen LogP) is 2.81. The summed E-state index contributed by atoms with van der Waals surface area (Å²) in [6, 6.07) is 8.09. The van der Waals surface area contributed by atoms with Crippen LogP contribution in [0.15, 0.2) is 43.0 Å². The third-order valence-electron chi connectivity index (χ3n) is 3.60. The molecule has 0 atom stereocenters. The van der Waals surface area contributed by atoms with E-state index in [0.29, 0.717) is 6.54 Å². The van der Waals surface area contributed by atoms with Crippen LogP contribution >= 0.6 is 0 Å². The number of benzene rings is 1. The van der Waals surface area contributed by atoms with Gasteiger partial charge in [0.1, 0.15) is 5.75 Å². The SMILES string of the molecule is CC(=O)NCCc1ccc(OCCCCCn2ccnc2)cc1. The molecular formula is C18H25N3O2. The van der Waals surface area contributed by atoms with Crippen LogP contribution in [0.1, 0.15) is 31.7 Å². The lowest BCUT2D eigenvalue weighted by Gasteiger charge is -2.08. The van der Waals surface area contributed by atoms with Gasteiger partial charge in [0, 0.05) is 32.4 Å². The molecule has 124 valence electrons. The van der Waals surface area contributed by atoms with Crippen LogP contribution in [0.5, 0.6) is 5.75 Å². The van der Waals surface area contributed by atoms with Gasteiger partial charge in [0.05, 0.1) is 12.9 Å². The van der Waals surface area contributed by atoms with Crippen LogP contribution in [0.2, 0.25) is 0 Å². The van der Waals surface area contributed by atoms with Crippen molar-refractivity contribution in [3.8, 4) is 5.75 Å². The second-order valence-corrected chi connectivity index (χ2v) is 5.59. The van der Waals surface area contributed by atoms with Crippen molar-refractivity contribution in [2.45, 2.75) is 39.2 Å². The molecule has 23 heavy (non-hydrogen) atoms. The molecule has 0 unspecified atom stereocenters. The fraction of sp³-hybridized carbons (Fsp3) is 0.444. The van der Waals surface area contributed by atoms with Gasteiger partial charge in [-0.2, -0.15) is 0 Å². The standard InChI is InChI=1S/C18H25N3O2/c1-16(22)20-10-9-17-5-7-18(8-6-17)23-14-4-2-3-12-21-13-11-19-15-21/h5-8,11,13,15H,2-4,9-10,12,14H2,1H3,(H,20,22). The second-order valence-electron chi connectivity index (χ2n) is 5.59. The van der Waals surface area contributed by atoms with Crippen LogP contribution in [0.3, 0.4) is 0 Å². The summed E-state index contributed by atoms with van der Waals surface area (Å²) in [6.45, 7) is 3.97. The molecule has 0 aliphatic rings. The highest BCUT2D eigenvalue weighted by Crippen LogP contribution is 2.13. The zero-order valence-corrected chi connectivity index (χ0v) is 13.7. The zero-order chi connectivity index (χ0) is 16.3. The lowest BCUT2D eigenvalue weighted by atomic mass is 10.1. The number of unbranched alkanes of at least 4 members (excludes halogenated alkanes) is 2. The van der Waals surface area contributed by atoms with Crippen molar-refractivity contribution < 1.29 is 9.53 Å². The van der Waals surface area contributed by atoms with E-state index in [1.807, 2.05) is 30.9 Å². The summed E-state index contributed by atoms with van der Waals surface area (Å²) >= 11 is 0. The van der Waals surface area contributed by atoms with Gasteiger partial charge >= 0.3 is 0 Å². The number of aromatic nitrogens is 2. The monoisotopic (exact) mass is 315 g/mol. The van der Waals surface area contributed by atoms with E-state index in [1.165, 1.54) is 12.5 Å². The van der Waals surface area contributed by atoms with Crippen molar-refractivity contribution in [3.05, 3.63) is 48.5 Å². The van der Waals surface area contributed by atoms with Gasteiger partial charge in [-0.05, 0) is 43.4 Å². The fourth-order valence-corrected chi connectivity index (χ4v) is 2.32. The molecule has 1 aromatic heterocycles. The molecule has 5 nitrogen and oxygen atoms in total. The number of carbonyl (C=O) groups is 1. The predicted molar refractivity (Wildman–Crippen MR) is 90.4 cm³/mol. The van der Waals surface area contributed by atoms with Crippen molar-refractivity contribution in [2.75, 3.05) is 13.2 Å². The average Bonchev–Trinajstić information content (AvgIpc) is 3.05. The number of rotatable bonds is 10. The van der Waals surface area contributed by atoms with E-state index in [2.05, 4.69) is 27.0 Å². The first-order chi connectivity index (χ1) is 11.2. The molecule has 5 heteroatoms. The molecular weight excluding hydrogens is 290 g/mol. The molecule has 0 aliphatic carbocycles. The Morgan fingerprint density at radius 3 is 2.74 bits per heavy atom. The normalized spacial score (nSPS) is 10.5. The third-order valence-corrected chi connectivity index (χ3v) is 3.60. The molecule has 0 aliphatic heterocycles. The Hall–Kier alpha value is -2.30. The minimum Gasteiger partial charge on any atom is -0.494 e. The number of nitrogens with zero attached hydrogens (tertiary/aromatic N) is 2. The number of hydrogen-bond acceptors (Lipinski definition) is 3. The van der Waals surface area contributed by atoms with E-state index >= 15 is 0 Å². The molecule has 1 N–H and O–H groups in total. The van der Waals surface area contributed by atoms with E-state index in [-0.39, 0.29) is 5.91 Å². The number of carbonyl (C=O) groups excluding carboxylic acids is 1.